The minimum absolute atomic E-state index is 0.0642. The van der Waals surface area contributed by atoms with Crippen LogP contribution in [0.25, 0.3) is 0 Å². The van der Waals surface area contributed by atoms with Crippen molar-refractivity contribution in [2.45, 2.75) is 31.2 Å². The highest BCUT2D eigenvalue weighted by Gasteiger charge is 2.25. The Morgan fingerprint density at radius 2 is 2.00 bits per heavy atom. The number of benzene rings is 1. The van der Waals surface area contributed by atoms with Crippen LogP contribution in [0.2, 0.25) is 0 Å². The first-order valence-electron chi connectivity index (χ1n) is 6.45. The number of hydrogen-bond donors (Lipinski definition) is 2. The van der Waals surface area contributed by atoms with E-state index in [2.05, 4.69) is 5.32 Å². The molecule has 1 aromatic rings. The Balaban J connectivity index is 2.56. The van der Waals surface area contributed by atoms with Crippen molar-refractivity contribution in [1.29, 1.82) is 0 Å². The largest absolute Gasteiger partial charge is 0.480 e. The van der Waals surface area contributed by atoms with E-state index in [-0.39, 0.29) is 11.7 Å². The van der Waals surface area contributed by atoms with Gasteiger partial charge < -0.3 is 10.4 Å². The second-order valence-electron chi connectivity index (χ2n) is 4.63. The summed E-state index contributed by atoms with van der Waals surface area (Å²) in [6, 6.07) is 2.39. The maximum atomic E-state index is 13.0. The summed E-state index contributed by atoms with van der Waals surface area (Å²) in [7, 11) is 0. The number of aliphatic carboxylic acids is 1. The number of thioether (sulfide) groups is 1. The maximum absolute atomic E-state index is 13.0. The molecule has 21 heavy (non-hydrogen) atoms. The van der Waals surface area contributed by atoms with Crippen LogP contribution < -0.4 is 5.32 Å². The van der Waals surface area contributed by atoms with E-state index in [0.29, 0.717) is 11.3 Å². The lowest BCUT2D eigenvalue weighted by Gasteiger charge is -2.19. The Kier molecular flexibility index (Phi) is 6.61. The Morgan fingerprint density at radius 1 is 1.33 bits per heavy atom. The normalized spacial score (nSPS) is 13.5. The monoisotopic (exact) mass is 317 g/mol. The molecule has 0 aromatic heterocycles. The predicted molar refractivity (Wildman–Crippen MR) is 76.1 cm³/mol. The molecule has 116 valence electrons. The van der Waals surface area contributed by atoms with Gasteiger partial charge in [-0.15, -0.1) is 11.8 Å². The van der Waals surface area contributed by atoms with Crippen LogP contribution in [0.15, 0.2) is 23.1 Å². The molecule has 0 bridgehead atoms. The second kappa shape index (κ2) is 7.97. The fourth-order valence-corrected chi connectivity index (χ4v) is 2.35. The van der Waals surface area contributed by atoms with Gasteiger partial charge in [0.2, 0.25) is 5.91 Å². The quantitative estimate of drug-likeness (QED) is 0.759. The van der Waals surface area contributed by atoms with Crippen LogP contribution in [-0.4, -0.2) is 28.8 Å². The summed E-state index contributed by atoms with van der Waals surface area (Å²) >= 11 is 1.01. The molecule has 0 aliphatic carbocycles. The number of amides is 1. The molecular weight excluding hydrogens is 300 g/mol. The zero-order valence-electron chi connectivity index (χ0n) is 11.7. The van der Waals surface area contributed by atoms with Crippen LogP contribution in [0.1, 0.15) is 20.3 Å². The molecule has 1 amide bonds. The second-order valence-corrected chi connectivity index (χ2v) is 5.68. The molecule has 1 aromatic carbocycles. The van der Waals surface area contributed by atoms with Crippen LogP contribution in [0.5, 0.6) is 0 Å². The number of halogens is 2. The van der Waals surface area contributed by atoms with Crippen molar-refractivity contribution in [3.05, 3.63) is 29.8 Å². The topological polar surface area (TPSA) is 66.4 Å². The third-order valence-corrected chi connectivity index (χ3v) is 4.05. The van der Waals surface area contributed by atoms with Gasteiger partial charge in [-0.3, -0.25) is 4.79 Å². The average molecular weight is 317 g/mol. The zero-order valence-corrected chi connectivity index (χ0v) is 12.5. The van der Waals surface area contributed by atoms with Crippen molar-refractivity contribution >= 4 is 23.6 Å². The Bertz CT molecular complexity index is 525. The molecule has 2 atom stereocenters. The summed E-state index contributed by atoms with van der Waals surface area (Å²) < 4.78 is 25.8. The number of carbonyl (C=O) groups excluding carboxylic acids is 1. The third kappa shape index (κ3) is 5.34. The molecule has 7 heteroatoms. The van der Waals surface area contributed by atoms with Gasteiger partial charge in [0.15, 0.2) is 11.6 Å². The van der Waals surface area contributed by atoms with Gasteiger partial charge in [0.1, 0.15) is 6.04 Å². The van der Waals surface area contributed by atoms with Gasteiger partial charge in [-0.1, -0.05) is 20.3 Å². The molecule has 0 saturated carbocycles. The van der Waals surface area contributed by atoms with Crippen molar-refractivity contribution in [3.8, 4) is 0 Å². The van der Waals surface area contributed by atoms with Gasteiger partial charge in [0.25, 0.3) is 0 Å². The summed E-state index contributed by atoms with van der Waals surface area (Å²) in [5, 5.41) is 11.5. The van der Waals surface area contributed by atoms with Crippen LogP contribution in [0, 0.1) is 17.6 Å². The lowest BCUT2D eigenvalue weighted by molar-refractivity contribution is -0.143. The lowest BCUT2D eigenvalue weighted by atomic mass is 9.99. The highest BCUT2D eigenvalue weighted by atomic mass is 32.2. The Morgan fingerprint density at radius 3 is 2.52 bits per heavy atom. The summed E-state index contributed by atoms with van der Waals surface area (Å²) in [5.41, 5.74) is 0. The molecule has 0 fully saturated rings. The molecule has 0 radical (unpaired) electrons. The van der Waals surface area contributed by atoms with Crippen LogP contribution >= 0.6 is 11.8 Å². The van der Waals surface area contributed by atoms with Crippen molar-refractivity contribution in [1.82, 2.24) is 5.32 Å². The first-order chi connectivity index (χ1) is 9.85. The van der Waals surface area contributed by atoms with E-state index >= 15 is 0 Å². The molecule has 0 spiro atoms. The first kappa shape index (κ1) is 17.4. The molecule has 2 N–H and O–H groups in total. The van der Waals surface area contributed by atoms with Gasteiger partial charge in [0.05, 0.1) is 5.75 Å². The average Bonchev–Trinajstić information content (AvgIpc) is 2.44. The Labute approximate surface area is 125 Å². The van der Waals surface area contributed by atoms with Crippen LogP contribution in [0.4, 0.5) is 8.78 Å². The first-order valence-corrected chi connectivity index (χ1v) is 7.43. The molecule has 2 unspecified atom stereocenters. The molecule has 0 saturated heterocycles. The highest BCUT2D eigenvalue weighted by molar-refractivity contribution is 8.00. The number of hydrogen-bond acceptors (Lipinski definition) is 3. The van der Waals surface area contributed by atoms with Crippen molar-refractivity contribution in [2.24, 2.45) is 5.92 Å². The van der Waals surface area contributed by atoms with Gasteiger partial charge in [0, 0.05) is 4.90 Å². The number of nitrogens with one attached hydrogen (secondary N) is 1. The van der Waals surface area contributed by atoms with E-state index in [1.165, 1.54) is 6.07 Å². The molecule has 0 aliphatic heterocycles. The van der Waals surface area contributed by atoms with E-state index in [1.54, 1.807) is 6.92 Å². The number of carbonyl (C=O) groups is 2. The summed E-state index contributed by atoms with van der Waals surface area (Å²) in [4.78, 5) is 23.2. The van der Waals surface area contributed by atoms with Gasteiger partial charge in [-0.2, -0.15) is 0 Å². The Hall–Kier alpha value is -1.63. The standard InChI is InChI=1S/C14H17F2NO3S/c1-3-8(2)13(14(19)20)17-12(18)7-21-9-4-5-10(15)11(16)6-9/h4-6,8,13H,3,7H2,1-2H3,(H,17,18)(H,19,20). The smallest absolute Gasteiger partial charge is 0.326 e. The van der Waals surface area contributed by atoms with E-state index in [9.17, 15) is 18.4 Å². The van der Waals surface area contributed by atoms with Gasteiger partial charge in [-0.05, 0) is 24.1 Å². The number of rotatable bonds is 7. The van der Waals surface area contributed by atoms with Crippen molar-refractivity contribution < 1.29 is 23.5 Å². The minimum atomic E-state index is -1.09. The molecule has 0 heterocycles. The zero-order chi connectivity index (χ0) is 16.0. The number of carboxylic acid groups (broad SMARTS) is 1. The third-order valence-electron chi connectivity index (χ3n) is 3.06. The molecule has 0 aliphatic rings. The molecule has 1 rings (SSSR count). The van der Waals surface area contributed by atoms with E-state index in [4.69, 9.17) is 5.11 Å². The van der Waals surface area contributed by atoms with E-state index < -0.39 is 29.6 Å². The van der Waals surface area contributed by atoms with Gasteiger partial charge in [-0.25, -0.2) is 13.6 Å². The fraction of sp³-hybridized carbons (Fsp3) is 0.429. The molecule has 4 nitrogen and oxygen atoms in total. The summed E-state index contributed by atoms with van der Waals surface area (Å²) in [5.74, 6) is -3.74. The van der Waals surface area contributed by atoms with Crippen LogP contribution in [0.3, 0.4) is 0 Å². The summed E-state index contributed by atoms with van der Waals surface area (Å²) in [6.07, 6.45) is 0.619. The maximum Gasteiger partial charge on any atom is 0.326 e. The molecular formula is C14H17F2NO3S. The van der Waals surface area contributed by atoms with E-state index in [0.717, 1.165) is 23.9 Å². The minimum Gasteiger partial charge on any atom is -0.480 e. The number of carboxylic acids is 1. The van der Waals surface area contributed by atoms with Crippen molar-refractivity contribution in [3.63, 3.8) is 0 Å². The highest BCUT2D eigenvalue weighted by Crippen LogP contribution is 2.20. The van der Waals surface area contributed by atoms with Gasteiger partial charge >= 0.3 is 5.97 Å². The SMILES string of the molecule is CCC(C)C(NC(=O)CSc1ccc(F)c(F)c1)C(=O)O. The fourth-order valence-electron chi connectivity index (χ4n) is 1.61. The lowest BCUT2D eigenvalue weighted by Crippen LogP contribution is -2.45. The predicted octanol–water partition coefficient (Wildman–Crippen LogP) is 2.67. The van der Waals surface area contributed by atoms with Crippen molar-refractivity contribution in [2.75, 3.05) is 5.75 Å². The summed E-state index contributed by atoms with van der Waals surface area (Å²) in [6.45, 7) is 3.57. The van der Waals surface area contributed by atoms with Crippen LogP contribution in [-0.2, 0) is 9.59 Å². The van der Waals surface area contributed by atoms with E-state index in [1.807, 2.05) is 6.92 Å².